The van der Waals surface area contributed by atoms with E-state index in [9.17, 15) is 9.59 Å². The van der Waals surface area contributed by atoms with Gasteiger partial charge in [0, 0.05) is 5.02 Å². The third-order valence-corrected chi connectivity index (χ3v) is 13.7. The molecular formula is C37H49ClN2O5Si. The third-order valence-electron chi connectivity index (χ3n) is 8.36. The Morgan fingerprint density at radius 1 is 0.913 bits per heavy atom. The summed E-state index contributed by atoms with van der Waals surface area (Å²) in [5.41, 5.74) is 0.335. The van der Waals surface area contributed by atoms with Crippen molar-refractivity contribution in [2.45, 2.75) is 90.6 Å². The molecule has 3 aromatic rings. The smallest absolute Gasteiger partial charge is 0.410 e. The summed E-state index contributed by atoms with van der Waals surface area (Å²) in [7, 11) is -2.89. The van der Waals surface area contributed by atoms with Crippen LogP contribution in [-0.2, 0) is 24.2 Å². The summed E-state index contributed by atoms with van der Waals surface area (Å²) < 4.78 is 19.2. The monoisotopic (exact) mass is 664 g/mol. The Balaban J connectivity index is 1.62. The van der Waals surface area contributed by atoms with Crippen molar-refractivity contribution in [2.75, 3.05) is 19.8 Å². The van der Waals surface area contributed by atoms with Crippen LogP contribution in [0.25, 0.3) is 0 Å². The van der Waals surface area contributed by atoms with Crippen LogP contribution in [-0.4, -0.2) is 62.7 Å². The van der Waals surface area contributed by atoms with Crippen LogP contribution >= 0.6 is 11.6 Å². The van der Waals surface area contributed by atoms with Gasteiger partial charge in [0.15, 0.2) is 6.10 Å². The number of hydrogen-bond acceptors (Lipinski definition) is 5. The number of benzene rings is 3. The quantitative estimate of drug-likeness (QED) is 0.275. The number of halogens is 1. The van der Waals surface area contributed by atoms with E-state index in [1.807, 2.05) is 96.1 Å². The lowest BCUT2D eigenvalue weighted by molar-refractivity contribution is -0.144. The molecule has 0 bridgehead atoms. The first-order chi connectivity index (χ1) is 21.4. The minimum absolute atomic E-state index is 0.0211. The molecule has 9 heteroatoms. The van der Waals surface area contributed by atoms with Crippen LogP contribution in [0.5, 0.6) is 0 Å². The second-order valence-corrected chi connectivity index (χ2v) is 19.4. The molecule has 1 N–H and O–H groups in total. The predicted octanol–water partition coefficient (Wildman–Crippen LogP) is 6.58. The lowest BCUT2D eigenvalue weighted by Gasteiger charge is -2.46. The maximum Gasteiger partial charge on any atom is 0.410 e. The summed E-state index contributed by atoms with van der Waals surface area (Å²) in [6, 6.07) is 26.0. The highest BCUT2D eigenvalue weighted by Gasteiger charge is 2.51. The van der Waals surface area contributed by atoms with E-state index in [1.165, 1.54) is 0 Å². The average molecular weight is 665 g/mol. The summed E-state index contributed by atoms with van der Waals surface area (Å²) in [4.78, 5) is 29.0. The summed E-state index contributed by atoms with van der Waals surface area (Å²) >= 11 is 6.56. The molecule has 2 amide bonds. The highest BCUT2D eigenvalue weighted by Crippen LogP contribution is 2.37. The van der Waals surface area contributed by atoms with Crippen molar-refractivity contribution in [3.05, 3.63) is 95.0 Å². The number of aryl methyl sites for hydroxylation is 1. The molecule has 1 heterocycles. The summed E-state index contributed by atoms with van der Waals surface area (Å²) in [5, 5.41) is 5.71. The van der Waals surface area contributed by atoms with E-state index >= 15 is 0 Å². The lowest BCUT2D eigenvalue weighted by atomic mass is 9.93. The molecule has 1 saturated heterocycles. The molecule has 3 aromatic carbocycles. The van der Waals surface area contributed by atoms with E-state index < -0.39 is 37.7 Å². The highest BCUT2D eigenvalue weighted by molar-refractivity contribution is 6.99. The van der Waals surface area contributed by atoms with Gasteiger partial charge >= 0.3 is 6.09 Å². The number of carbonyl (C=O) groups excluding carboxylic acids is 2. The van der Waals surface area contributed by atoms with Crippen LogP contribution in [0.4, 0.5) is 4.79 Å². The molecule has 46 heavy (non-hydrogen) atoms. The molecule has 0 radical (unpaired) electrons. The normalized spacial score (nSPS) is 17.8. The van der Waals surface area contributed by atoms with E-state index in [0.717, 1.165) is 21.5 Å². The number of carbonyl (C=O) groups is 2. The zero-order valence-corrected chi connectivity index (χ0v) is 30.4. The molecule has 0 unspecified atom stereocenters. The van der Waals surface area contributed by atoms with Crippen molar-refractivity contribution in [1.29, 1.82) is 0 Å². The third kappa shape index (κ3) is 8.03. The Hall–Kier alpha value is -3.17. The van der Waals surface area contributed by atoms with Gasteiger partial charge in [-0.2, -0.15) is 0 Å². The van der Waals surface area contributed by atoms with Crippen LogP contribution in [0.1, 0.15) is 66.5 Å². The topological polar surface area (TPSA) is 77.1 Å². The van der Waals surface area contributed by atoms with E-state index in [0.29, 0.717) is 5.02 Å². The second-order valence-electron chi connectivity index (χ2n) is 14.7. The molecule has 0 saturated carbocycles. The molecule has 0 spiro atoms. The number of ether oxygens (including phenoxy) is 2. The first kappa shape index (κ1) is 35.7. The van der Waals surface area contributed by atoms with Crippen LogP contribution in [0.3, 0.4) is 0 Å². The Bertz CT molecular complexity index is 1460. The van der Waals surface area contributed by atoms with Crippen molar-refractivity contribution in [3.8, 4) is 0 Å². The standard InChI is InChI=1S/C37H49ClN2O5Si/c1-26-20-21-30(31(38)22-26)37(8,9)39-33(41)32-23-40(34(42)45-35(2,3)4)27(24-43-32)25-44-46(36(5,6)7,28-16-12-10-13-17-28)29-18-14-11-15-19-29/h10-22,27,32H,23-25H2,1-9H3,(H,39,41)/t27-,32-/m0/s1. The Kier molecular flexibility index (Phi) is 10.8. The zero-order valence-electron chi connectivity index (χ0n) is 28.6. The van der Waals surface area contributed by atoms with Crippen molar-refractivity contribution in [2.24, 2.45) is 0 Å². The van der Waals surface area contributed by atoms with Gasteiger partial charge in [0.2, 0.25) is 0 Å². The van der Waals surface area contributed by atoms with Crippen molar-refractivity contribution < 1.29 is 23.5 Å². The SMILES string of the molecule is Cc1ccc(C(C)(C)NC(=O)[C@@H]2CN(C(=O)OC(C)(C)C)[C@H](CO[Si](c3ccccc3)(c3ccccc3)C(C)(C)C)CO2)c(Cl)c1. The second kappa shape index (κ2) is 13.9. The van der Waals surface area contributed by atoms with Gasteiger partial charge in [0.1, 0.15) is 5.60 Å². The molecular weight excluding hydrogens is 616 g/mol. The van der Waals surface area contributed by atoms with Gasteiger partial charge in [-0.1, -0.05) is 105 Å². The molecule has 0 aliphatic carbocycles. The van der Waals surface area contributed by atoms with Crippen LogP contribution in [0.15, 0.2) is 78.9 Å². The number of amides is 2. The summed E-state index contributed by atoms with van der Waals surface area (Å²) in [6.45, 7) is 18.2. The van der Waals surface area contributed by atoms with Crippen molar-refractivity contribution >= 4 is 42.3 Å². The molecule has 1 aliphatic heterocycles. The van der Waals surface area contributed by atoms with Gasteiger partial charge < -0.3 is 19.2 Å². The minimum Gasteiger partial charge on any atom is -0.444 e. The maximum absolute atomic E-state index is 13.7. The number of nitrogens with zero attached hydrogens (tertiary/aromatic N) is 1. The average Bonchev–Trinajstić information content (AvgIpc) is 2.96. The van der Waals surface area contributed by atoms with Gasteiger partial charge in [-0.15, -0.1) is 0 Å². The van der Waals surface area contributed by atoms with Gasteiger partial charge in [0.05, 0.1) is 31.3 Å². The Morgan fingerprint density at radius 2 is 1.48 bits per heavy atom. The Morgan fingerprint density at radius 3 is 1.98 bits per heavy atom. The van der Waals surface area contributed by atoms with Crippen LogP contribution in [0.2, 0.25) is 10.1 Å². The van der Waals surface area contributed by atoms with E-state index in [-0.39, 0.29) is 30.7 Å². The van der Waals surface area contributed by atoms with Crippen molar-refractivity contribution in [1.82, 2.24) is 10.2 Å². The zero-order chi connectivity index (χ0) is 33.9. The first-order valence-corrected chi connectivity index (χ1v) is 18.2. The van der Waals surface area contributed by atoms with E-state index in [1.54, 1.807) is 4.90 Å². The number of morpholine rings is 1. The lowest BCUT2D eigenvalue weighted by Crippen LogP contribution is -2.68. The van der Waals surface area contributed by atoms with Gasteiger partial charge in [0.25, 0.3) is 14.2 Å². The Labute approximate surface area is 280 Å². The van der Waals surface area contributed by atoms with Gasteiger partial charge in [-0.3, -0.25) is 9.69 Å². The first-order valence-electron chi connectivity index (χ1n) is 15.9. The number of rotatable bonds is 8. The fourth-order valence-corrected chi connectivity index (χ4v) is 11.2. The molecule has 4 rings (SSSR count). The predicted molar refractivity (Wildman–Crippen MR) is 187 cm³/mol. The van der Waals surface area contributed by atoms with E-state index in [2.05, 4.69) is 50.4 Å². The van der Waals surface area contributed by atoms with Crippen LogP contribution in [0, 0.1) is 6.92 Å². The number of nitrogens with one attached hydrogen (secondary N) is 1. The molecule has 1 fully saturated rings. The molecule has 248 valence electrons. The minimum atomic E-state index is -2.89. The largest absolute Gasteiger partial charge is 0.444 e. The molecule has 7 nitrogen and oxygen atoms in total. The fraction of sp³-hybridized carbons (Fsp3) is 0.459. The van der Waals surface area contributed by atoms with Gasteiger partial charge in [-0.05, 0) is 74.1 Å². The van der Waals surface area contributed by atoms with Crippen molar-refractivity contribution in [3.63, 3.8) is 0 Å². The summed E-state index contributed by atoms with van der Waals surface area (Å²) in [5.74, 6) is -0.332. The number of hydrogen-bond donors (Lipinski definition) is 1. The molecule has 0 aromatic heterocycles. The summed E-state index contributed by atoms with van der Waals surface area (Å²) in [6.07, 6.45) is -1.41. The van der Waals surface area contributed by atoms with Gasteiger partial charge in [-0.25, -0.2) is 4.79 Å². The maximum atomic E-state index is 13.7. The molecule has 1 aliphatic rings. The molecule has 2 atom stereocenters. The highest BCUT2D eigenvalue weighted by atomic mass is 35.5. The van der Waals surface area contributed by atoms with E-state index in [4.69, 9.17) is 25.5 Å². The van der Waals surface area contributed by atoms with Crippen LogP contribution < -0.4 is 15.7 Å². The fourth-order valence-electron chi connectivity index (χ4n) is 6.10.